The molecular formula is C42H32N2. The summed E-state index contributed by atoms with van der Waals surface area (Å²) in [5.41, 5.74) is 14.0. The van der Waals surface area contributed by atoms with Crippen LogP contribution in [-0.4, -0.2) is 9.97 Å². The lowest BCUT2D eigenvalue weighted by Crippen LogP contribution is -1.97. The van der Waals surface area contributed by atoms with Crippen LogP contribution in [0.1, 0.15) is 22.3 Å². The van der Waals surface area contributed by atoms with Crippen molar-refractivity contribution in [3.05, 3.63) is 144 Å². The van der Waals surface area contributed by atoms with E-state index < -0.39 is 0 Å². The first-order valence-electron chi connectivity index (χ1n) is 15.2. The summed E-state index contributed by atoms with van der Waals surface area (Å²) < 4.78 is 0. The maximum atomic E-state index is 5.24. The van der Waals surface area contributed by atoms with Gasteiger partial charge in [-0.1, -0.05) is 103 Å². The molecule has 0 bridgehead atoms. The topological polar surface area (TPSA) is 25.8 Å². The van der Waals surface area contributed by atoms with E-state index in [4.69, 9.17) is 9.97 Å². The standard InChI is InChI=1S/C42H32N2/c1-25-24-43-41-36(26(25)2)20-21-37-27(3)28(4)40(44-42(37)41)31-14-12-29(13-15-31)32-16-17-34-23-35(19-18-33(34)22-32)39-11-7-9-30-8-5-6-10-38(30)39/h5-24H,1-4H3. The molecule has 0 aliphatic rings. The lowest BCUT2D eigenvalue weighted by Gasteiger charge is -2.15. The maximum absolute atomic E-state index is 5.24. The fraction of sp³-hybridized carbons (Fsp3) is 0.0952. The molecule has 0 saturated heterocycles. The van der Waals surface area contributed by atoms with E-state index in [0.717, 1.165) is 22.3 Å². The van der Waals surface area contributed by atoms with E-state index >= 15 is 0 Å². The van der Waals surface area contributed by atoms with Gasteiger partial charge in [-0.25, -0.2) is 4.98 Å². The molecule has 0 N–H and O–H groups in total. The molecule has 0 aliphatic heterocycles. The monoisotopic (exact) mass is 564 g/mol. The molecule has 0 saturated carbocycles. The highest BCUT2D eigenvalue weighted by atomic mass is 14.8. The molecule has 210 valence electrons. The Bertz CT molecular complexity index is 2410. The second-order valence-corrected chi connectivity index (χ2v) is 12.0. The summed E-state index contributed by atoms with van der Waals surface area (Å²) in [5.74, 6) is 0. The summed E-state index contributed by atoms with van der Waals surface area (Å²) in [7, 11) is 0. The van der Waals surface area contributed by atoms with E-state index in [0.29, 0.717) is 0 Å². The zero-order chi connectivity index (χ0) is 29.9. The summed E-state index contributed by atoms with van der Waals surface area (Å²) in [6, 6.07) is 42.0. The Morgan fingerprint density at radius 1 is 0.432 bits per heavy atom. The molecule has 2 heteroatoms. The van der Waals surface area contributed by atoms with Gasteiger partial charge in [-0.3, -0.25) is 4.98 Å². The molecule has 2 aromatic heterocycles. The molecule has 2 nitrogen and oxygen atoms in total. The zero-order valence-corrected chi connectivity index (χ0v) is 25.4. The van der Waals surface area contributed by atoms with Crippen molar-refractivity contribution in [2.45, 2.75) is 27.7 Å². The smallest absolute Gasteiger partial charge is 0.0975 e. The Hall–Kier alpha value is -5.34. The third-order valence-corrected chi connectivity index (χ3v) is 9.51. The first-order valence-corrected chi connectivity index (χ1v) is 15.2. The van der Waals surface area contributed by atoms with E-state index in [2.05, 4.69) is 143 Å². The van der Waals surface area contributed by atoms with Crippen LogP contribution >= 0.6 is 0 Å². The molecule has 8 rings (SSSR count). The van der Waals surface area contributed by atoms with Gasteiger partial charge in [0.05, 0.1) is 16.7 Å². The van der Waals surface area contributed by atoms with E-state index in [9.17, 15) is 0 Å². The van der Waals surface area contributed by atoms with E-state index in [1.807, 2.05) is 6.20 Å². The fourth-order valence-corrected chi connectivity index (χ4v) is 6.65. The minimum atomic E-state index is 0.977. The van der Waals surface area contributed by atoms with Gasteiger partial charge < -0.3 is 0 Å². The number of hydrogen-bond donors (Lipinski definition) is 0. The number of aromatic nitrogens is 2. The SMILES string of the molecule is Cc1cnc2c(ccc3c(C)c(C)c(-c4ccc(-c5ccc6cc(-c7cccc8ccccc78)ccc6c5)cc4)nc32)c1C. The summed E-state index contributed by atoms with van der Waals surface area (Å²) in [6.07, 6.45) is 1.97. The Morgan fingerprint density at radius 3 is 1.86 bits per heavy atom. The molecule has 0 spiro atoms. The lowest BCUT2D eigenvalue weighted by molar-refractivity contribution is 1.25. The highest BCUT2D eigenvalue weighted by molar-refractivity contribution is 6.06. The van der Waals surface area contributed by atoms with Gasteiger partial charge in [-0.2, -0.15) is 0 Å². The van der Waals surface area contributed by atoms with Gasteiger partial charge in [0, 0.05) is 22.5 Å². The second kappa shape index (κ2) is 10.1. The average Bonchev–Trinajstić information content (AvgIpc) is 3.07. The molecule has 8 aromatic rings. The van der Waals surface area contributed by atoms with Crippen LogP contribution in [0.3, 0.4) is 0 Å². The second-order valence-electron chi connectivity index (χ2n) is 12.0. The first-order chi connectivity index (χ1) is 21.5. The van der Waals surface area contributed by atoms with Gasteiger partial charge in [-0.05, 0) is 106 Å². The van der Waals surface area contributed by atoms with E-state index in [1.165, 1.54) is 76.8 Å². The minimum Gasteiger partial charge on any atom is -0.254 e. The first kappa shape index (κ1) is 26.3. The minimum absolute atomic E-state index is 0.977. The molecule has 0 fully saturated rings. The largest absolute Gasteiger partial charge is 0.254 e. The number of nitrogens with zero attached hydrogens (tertiary/aromatic N) is 2. The van der Waals surface area contributed by atoms with Crippen LogP contribution in [0.15, 0.2) is 121 Å². The van der Waals surface area contributed by atoms with Crippen molar-refractivity contribution >= 4 is 43.4 Å². The van der Waals surface area contributed by atoms with Crippen molar-refractivity contribution in [3.8, 4) is 33.5 Å². The highest BCUT2D eigenvalue weighted by Crippen LogP contribution is 2.36. The third kappa shape index (κ3) is 4.18. The summed E-state index contributed by atoms with van der Waals surface area (Å²) in [5, 5.41) is 7.38. The van der Waals surface area contributed by atoms with Crippen LogP contribution in [0, 0.1) is 27.7 Å². The van der Waals surface area contributed by atoms with Crippen LogP contribution < -0.4 is 0 Å². The predicted octanol–water partition coefficient (Wildman–Crippen LogP) is 11.3. The summed E-state index contributed by atoms with van der Waals surface area (Å²) in [6.45, 7) is 8.66. The zero-order valence-electron chi connectivity index (χ0n) is 25.4. The molecule has 0 atom stereocenters. The predicted molar refractivity (Wildman–Crippen MR) is 187 cm³/mol. The fourth-order valence-electron chi connectivity index (χ4n) is 6.65. The molecular weight excluding hydrogens is 532 g/mol. The van der Waals surface area contributed by atoms with Gasteiger partial charge in [0.15, 0.2) is 0 Å². The van der Waals surface area contributed by atoms with Crippen LogP contribution in [0.25, 0.3) is 76.9 Å². The van der Waals surface area contributed by atoms with Crippen LogP contribution in [-0.2, 0) is 0 Å². The highest BCUT2D eigenvalue weighted by Gasteiger charge is 2.15. The van der Waals surface area contributed by atoms with Crippen LogP contribution in [0.4, 0.5) is 0 Å². The molecule has 0 radical (unpaired) electrons. The summed E-state index contributed by atoms with van der Waals surface area (Å²) in [4.78, 5) is 10.1. The number of benzene rings is 6. The molecule has 44 heavy (non-hydrogen) atoms. The van der Waals surface area contributed by atoms with Crippen molar-refractivity contribution in [3.63, 3.8) is 0 Å². The number of hydrogen-bond acceptors (Lipinski definition) is 2. The number of rotatable bonds is 3. The van der Waals surface area contributed by atoms with Gasteiger partial charge in [0.25, 0.3) is 0 Å². The van der Waals surface area contributed by atoms with Gasteiger partial charge in [-0.15, -0.1) is 0 Å². The maximum Gasteiger partial charge on any atom is 0.0975 e. The number of pyridine rings is 2. The Labute approximate surface area is 257 Å². The quantitative estimate of drug-likeness (QED) is 0.199. The normalized spacial score (nSPS) is 11.6. The van der Waals surface area contributed by atoms with Crippen LogP contribution in [0.2, 0.25) is 0 Å². The molecule has 0 amide bonds. The van der Waals surface area contributed by atoms with Crippen molar-refractivity contribution in [1.29, 1.82) is 0 Å². The molecule has 2 heterocycles. The Kier molecular flexibility index (Phi) is 6.06. The number of aryl methyl sites for hydroxylation is 3. The van der Waals surface area contributed by atoms with Gasteiger partial charge in [0.1, 0.15) is 0 Å². The van der Waals surface area contributed by atoms with Crippen molar-refractivity contribution < 1.29 is 0 Å². The van der Waals surface area contributed by atoms with Gasteiger partial charge in [0.2, 0.25) is 0 Å². The van der Waals surface area contributed by atoms with Crippen molar-refractivity contribution in [2.24, 2.45) is 0 Å². The number of fused-ring (bicyclic) bond motifs is 5. The van der Waals surface area contributed by atoms with E-state index in [1.54, 1.807) is 0 Å². The van der Waals surface area contributed by atoms with Crippen LogP contribution in [0.5, 0.6) is 0 Å². The molecule has 0 aliphatic carbocycles. The molecule has 0 unspecified atom stereocenters. The van der Waals surface area contributed by atoms with Crippen molar-refractivity contribution in [1.82, 2.24) is 9.97 Å². The summed E-state index contributed by atoms with van der Waals surface area (Å²) >= 11 is 0. The van der Waals surface area contributed by atoms with Crippen molar-refractivity contribution in [2.75, 3.05) is 0 Å². The van der Waals surface area contributed by atoms with Gasteiger partial charge >= 0.3 is 0 Å². The lowest BCUT2D eigenvalue weighted by atomic mass is 9.94. The Morgan fingerprint density at radius 2 is 1.07 bits per heavy atom. The third-order valence-electron chi connectivity index (χ3n) is 9.51. The molecule has 6 aromatic carbocycles. The average molecular weight is 565 g/mol. The van der Waals surface area contributed by atoms with E-state index in [-0.39, 0.29) is 0 Å². The Balaban J connectivity index is 1.16.